The molecular formula is C49H36. The molecule has 1 aliphatic carbocycles. The van der Waals surface area contributed by atoms with E-state index in [1.165, 1.54) is 76.8 Å². The first kappa shape index (κ1) is 29.2. The topological polar surface area (TPSA) is 0 Å². The number of hydrogen-bond acceptors (Lipinski definition) is 0. The van der Waals surface area contributed by atoms with Gasteiger partial charge in [-0.2, -0.15) is 0 Å². The van der Waals surface area contributed by atoms with E-state index < -0.39 is 0 Å². The van der Waals surface area contributed by atoms with E-state index >= 15 is 0 Å². The highest BCUT2D eigenvalue weighted by molar-refractivity contribution is 6.22. The Balaban J connectivity index is 1.16. The maximum absolute atomic E-state index is 4.75. The zero-order valence-corrected chi connectivity index (χ0v) is 27.9. The predicted octanol–water partition coefficient (Wildman–Crippen LogP) is 13.5. The van der Waals surface area contributed by atoms with Gasteiger partial charge in [-0.25, -0.2) is 0 Å². The molecule has 0 fully saturated rings. The summed E-state index contributed by atoms with van der Waals surface area (Å²) in [5.74, 6) is 0. The molecule has 0 saturated heterocycles. The Kier molecular flexibility index (Phi) is 6.58. The minimum Gasteiger partial charge on any atom is -0.0984 e. The second-order valence-corrected chi connectivity index (χ2v) is 13.8. The molecule has 0 heterocycles. The maximum atomic E-state index is 4.75. The molecule has 0 aliphatic heterocycles. The molecule has 1 aliphatic rings. The molecule has 0 spiro atoms. The third-order valence-corrected chi connectivity index (χ3v) is 10.8. The first-order valence-electron chi connectivity index (χ1n) is 17.1. The van der Waals surface area contributed by atoms with Gasteiger partial charge in [0.05, 0.1) is 0 Å². The number of benzene rings is 8. The highest BCUT2D eigenvalue weighted by Crippen LogP contribution is 2.51. The molecule has 49 heavy (non-hydrogen) atoms. The minimum atomic E-state index is -0.130. The van der Waals surface area contributed by atoms with Gasteiger partial charge in [0.25, 0.3) is 0 Å². The van der Waals surface area contributed by atoms with Gasteiger partial charge in [-0.3, -0.25) is 0 Å². The summed E-state index contributed by atoms with van der Waals surface area (Å²) >= 11 is 0. The van der Waals surface area contributed by atoms with Crippen LogP contribution in [-0.4, -0.2) is 0 Å². The Morgan fingerprint density at radius 3 is 1.88 bits per heavy atom. The Morgan fingerprint density at radius 1 is 0.490 bits per heavy atom. The summed E-state index contributed by atoms with van der Waals surface area (Å²) < 4.78 is 0. The van der Waals surface area contributed by atoms with Crippen LogP contribution in [0.3, 0.4) is 0 Å². The van der Waals surface area contributed by atoms with Gasteiger partial charge in [0.1, 0.15) is 0 Å². The summed E-state index contributed by atoms with van der Waals surface area (Å²) in [4.78, 5) is 0. The van der Waals surface area contributed by atoms with E-state index in [1.54, 1.807) is 0 Å². The molecule has 0 heteroatoms. The zero-order valence-electron chi connectivity index (χ0n) is 27.9. The van der Waals surface area contributed by atoms with E-state index in [-0.39, 0.29) is 5.41 Å². The van der Waals surface area contributed by atoms with Crippen LogP contribution < -0.4 is 0 Å². The SMILES string of the molecule is C=Cc1c(C(=C)c2cc3ccc4ccccc4c3c3ccccc23)cccc1-c1ccc2c(c1)C(C)(C)c1cc(-c3ccccc3)ccc1-2. The lowest BCUT2D eigenvalue weighted by Gasteiger charge is -2.23. The average Bonchev–Trinajstić information content (AvgIpc) is 3.38. The van der Waals surface area contributed by atoms with Crippen molar-refractivity contribution in [1.82, 2.24) is 0 Å². The van der Waals surface area contributed by atoms with Gasteiger partial charge < -0.3 is 0 Å². The fourth-order valence-corrected chi connectivity index (χ4v) is 8.29. The molecule has 8 aromatic rings. The number of fused-ring (bicyclic) bond motifs is 8. The van der Waals surface area contributed by atoms with Crippen LogP contribution in [0.5, 0.6) is 0 Å². The van der Waals surface area contributed by atoms with Crippen molar-refractivity contribution in [2.75, 3.05) is 0 Å². The van der Waals surface area contributed by atoms with Crippen LogP contribution in [0.15, 0.2) is 165 Å². The number of hydrogen-bond donors (Lipinski definition) is 0. The van der Waals surface area contributed by atoms with Gasteiger partial charge in [-0.15, -0.1) is 0 Å². The quantitative estimate of drug-likeness (QED) is 0.167. The molecule has 232 valence electrons. The predicted molar refractivity (Wildman–Crippen MR) is 212 cm³/mol. The highest BCUT2D eigenvalue weighted by atomic mass is 14.4. The van der Waals surface area contributed by atoms with Gasteiger partial charge in [-0.05, 0) is 117 Å². The van der Waals surface area contributed by atoms with Crippen molar-refractivity contribution in [3.8, 4) is 33.4 Å². The Hall–Kier alpha value is -5.98. The normalized spacial score (nSPS) is 13.0. The van der Waals surface area contributed by atoms with Crippen molar-refractivity contribution >= 4 is 44.0 Å². The molecule has 0 nitrogen and oxygen atoms in total. The lowest BCUT2D eigenvalue weighted by molar-refractivity contribution is 0.661. The monoisotopic (exact) mass is 624 g/mol. The standard InChI is InChI=1S/C49H36/c1-5-37-38(31(2)45-28-36-23-22-33-16-9-10-17-40(33)48(36)44-19-12-11-18-41(44)45)20-13-21-39(37)35-25-27-43-42-26-24-34(32-14-7-6-8-15-32)29-46(42)49(3,4)47(43)30-35/h5-30H,1-2H2,3-4H3. The van der Waals surface area contributed by atoms with Gasteiger partial charge >= 0.3 is 0 Å². The van der Waals surface area contributed by atoms with E-state index in [1.807, 2.05) is 6.08 Å². The van der Waals surface area contributed by atoms with Crippen LogP contribution in [0, 0.1) is 0 Å². The second kappa shape index (κ2) is 11.0. The summed E-state index contributed by atoms with van der Waals surface area (Å²) in [6.07, 6.45) is 2.01. The third kappa shape index (κ3) is 4.45. The van der Waals surface area contributed by atoms with Gasteiger partial charge in [-0.1, -0.05) is 167 Å². The summed E-state index contributed by atoms with van der Waals surface area (Å²) in [6, 6.07) is 55.4. The molecule has 0 N–H and O–H groups in total. The first-order chi connectivity index (χ1) is 23.9. The first-order valence-corrected chi connectivity index (χ1v) is 17.1. The van der Waals surface area contributed by atoms with Crippen molar-refractivity contribution in [3.63, 3.8) is 0 Å². The lowest BCUT2D eigenvalue weighted by Crippen LogP contribution is -2.15. The Labute approximate surface area is 288 Å². The van der Waals surface area contributed by atoms with Crippen LogP contribution in [0.2, 0.25) is 0 Å². The van der Waals surface area contributed by atoms with Gasteiger partial charge in [0.2, 0.25) is 0 Å². The number of rotatable bonds is 5. The smallest absolute Gasteiger partial charge is 0.0159 e. The fraction of sp³-hybridized carbons (Fsp3) is 0.0612. The maximum Gasteiger partial charge on any atom is 0.0159 e. The highest BCUT2D eigenvalue weighted by Gasteiger charge is 2.36. The molecule has 9 rings (SSSR count). The average molecular weight is 625 g/mol. The van der Waals surface area contributed by atoms with Crippen molar-refractivity contribution in [2.45, 2.75) is 19.3 Å². The lowest BCUT2D eigenvalue weighted by atomic mass is 9.80. The minimum absolute atomic E-state index is 0.130. The van der Waals surface area contributed by atoms with E-state index in [0.717, 1.165) is 22.3 Å². The van der Waals surface area contributed by atoms with Crippen LogP contribution in [0.25, 0.3) is 77.3 Å². The summed E-state index contributed by atoms with van der Waals surface area (Å²) in [6.45, 7) is 13.8. The molecule has 8 aromatic carbocycles. The van der Waals surface area contributed by atoms with Crippen LogP contribution in [0.4, 0.5) is 0 Å². The molecular weight excluding hydrogens is 589 g/mol. The van der Waals surface area contributed by atoms with Crippen LogP contribution in [0.1, 0.15) is 41.7 Å². The molecule has 0 unspecified atom stereocenters. The van der Waals surface area contributed by atoms with Gasteiger partial charge in [0.15, 0.2) is 0 Å². The summed E-state index contributed by atoms with van der Waals surface area (Å²) in [7, 11) is 0. The van der Waals surface area contributed by atoms with Crippen molar-refractivity contribution < 1.29 is 0 Å². The van der Waals surface area contributed by atoms with Crippen molar-refractivity contribution in [1.29, 1.82) is 0 Å². The Bertz CT molecular complexity index is 2650. The molecule has 0 aromatic heterocycles. The molecule has 0 radical (unpaired) electrons. The third-order valence-electron chi connectivity index (χ3n) is 10.8. The van der Waals surface area contributed by atoms with Crippen molar-refractivity contribution in [3.05, 3.63) is 193 Å². The molecule has 0 atom stereocenters. The van der Waals surface area contributed by atoms with E-state index in [4.69, 9.17) is 6.58 Å². The molecule has 0 saturated carbocycles. The van der Waals surface area contributed by atoms with Gasteiger partial charge in [0, 0.05) is 5.41 Å². The van der Waals surface area contributed by atoms with Crippen LogP contribution in [-0.2, 0) is 5.41 Å². The largest absolute Gasteiger partial charge is 0.0984 e. The fourth-order valence-electron chi connectivity index (χ4n) is 8.29. The van der Waals surface area contributed by atoms with E-state index in [0.29, 0.717) is 0 Å². The van der Waals surface area contributed by atoms with E-state index in [2.05, 4.69) is 172 Å². The molecule has 0 bridgehead atoms. The Morgan fingerprint density at radius 2 is 1.12 bits per heavy atom. The van der Waals surface area contributed by atoms with E-state index in [9.17, 15) is 0 Å². The second-order valence-electron chi connectivity index (χ2n) is 13.8. The zero-order chi connectivity index (χ0) is 33.3. The summed E-state index contributed by atoms with van der Waals surface area (Å²) in [5, 5.41) is 7.51. The van der Waals surface area contributed by atoms with Crippen LogP contribution >= 0.6 is 0 Å². The molecule has 0 amide bonds. The van der Waals surface area contributed by atoms with Crippen molar-refractivity contribution in [2.24, 2.45) is 0 Å². The summed E-state index contributed by atoms with van der Waals surface area (Å²) in [5.41, 5.74) is 14.5.